The van der Waals surface area contributed by atoms with E-state index >= 15 is 0 Å². The Bertz CT molecular complexity index is 652. The first kappa shape index (κ1) is 36.1. The molecule has 40 heavy (non-hydrogen) atoms. The van der Waals surface area contributed by atoms with Crippen LogP contribution in [-0.4, -0.2) is 61.3 Å². The van der Waals surface area contributed by atoms with Crippen molar-refractivity contribution in [3.8, 4) is 0 Å². The van der Waals surface area contributed by atoms with Crippen LogP contribution in [0.2, 0.25) is 0 Å². The van der Waals surface area contributed by atoms with Crippen LogP contribution in [0.15, 0.2) is 0 Å². The second-order valence-electron chi connectivity index (χ2n) is 17.2. The summed E-state index contributed by atoms with van der Waals surface area (Å²) >= 11 is 0. The summed E-state index contributed by atoms with van der Waals surface area (Å²) in [5.74, 6) is 3.66. The van der Waals surface area contributed by atoms with E-state index in [-0.39, 0.29) is 0 Å². The molecule has 0 N–H and O–H groups in total. The molecule has 2 heteroatoms. The zero-order valence-electron chi connectivity index (χ0n) is 30.1. The molecular formula is C38H78N2+2. The summed E-state index contributed by atoms with van der Waals surface area (Å²) in [6.07, 6.45) is 20.0. The molecule has 0 saturated heterocycles. The largest absolute Gasteiger partial charge is 0.324 e. The Morgan fingerprint density at radius 2 is 0.975 bits per heavy atom. The standard InChI is InChI=1S/C38H78N2/c1-13-39(11,33(5)23-25-35-31(3)21-19-27-37(35,7)8)29-17-15-16-18-30-40(12,14-2)34(6)24-26-36-32(4)22-20-28-38(36,9)10/h31-36H,13-30H2,1-12H3/q+2. The summed E-state index contributed by atoms with van der Waals surface area (Å²) in [7, 11) is 5.11. The fourth-order valence-corrected chi connectivity index (χ4v) is 9.57. The first-order valence-electron chi connectivity index (χ1n) is 18.3. The first-order chi connectivity index (χ1) is 18.6. The molecule has 0 aliphatic heterocycles. The van der Waals surface area contributed by atoms with Crippen LogP contribution in [0.25, 0.3) is 0 Å². The molecule has 8 unspecified atom stereocenters. The van der Waals surface area contributed by atoms with E-state index < -0.39 is 0 Å². The van der Waals surface area contributed by atoms with Gasteiger partial charge in [0.2, 0.25) is 0 Å². The lowest BCUT2D eigenvalue weighted by Crippen LogP contribution is -2.52. The molecule has 2 fully saturated rings. The lowest BCUT2D eigenvalue weighted by Gasteiger charge is -2.45. The lowest BCUT2D eigenvalue weighted by molar-refractivity contribution is -0.931. The molecule has 2 nitrogen and oxygen atoms in total. The van der Waals surface area contributed by atoms with Crippen molar-refractivity contribution in [3.05, 3.63) is 0 Å². The van der Waals surface area contributed by atoms with Crippen molar-refractivity contribution in [2.45, 2.75) is 171 Å². The molecule has 0 spiro atoms. The molecule has 0 aromatic heterocycles. The van der Waals surface area contributed by atoms with Crippen molar-refractivity contribution in [2.75, 3.05) is 40.3 Å². The number of hydrogen-bond acceptors (Lipinski definition) is 0. The molecule has 2 saturated carbocycles. The summed E-state index contributed by atoms with van der Waals surface area (Å²) in [6.45, 7) is 30.5. The summed E-state index contributed by atoms with van der Waals surface area (Å²) in [6, 6.07) is 1.57. The minimum Gasteiger partial charge on any atom is -0.324 e. The average molecular weight is 563 g/mol. The Balaban J connectivity index is 1.74. The minimum atomic E-state index is 0.543. The Morgan fingerprint density at radius 1 is 0.625 bits per heavy atom. The molecular weight excluding hydrogens is 484 g/mol. The average Bonchev–Trinajstić information content (AvgIpc) is 2.88. The molecule has 8 atom stereocenters. The van der Waals surface area contributed by atoms with Crippen molar-refractivity contribution in [2.24, 2.45) is 34.5 Å². The van der Waals surface area contributed by atoms with Crippen molar-refractivity contribution in [3.63, 3.8) is 0 Å². The Kier molecular flexibility index (Phi) is 14.1. The third-order valence-corrected chi connectivity index (χ3v) is 13.8. The van der Waals surface area contributed by atoms with Crippen molar-refractivity contribution in [1.82, 2.24) is 0 Å². The van der Waals surface area contributed by atoms with Crippen LogP contribution in [0.3, 0.4) is 0 Å². The van der Waals surface area contributed by atoms with Gasteiger partial charge in [-0.3, -0.25) is 0 Å². The predicted octanol–water partition coefficient (Wildman–Crippen LogP) is 10.7. The van der Waals surface area contributed by atoms with E-state index in [1.165, 1.54) is 125 Å². The van der Waals surface area contributed by atoms with Crippen LogP contribution in [0.1, 0.15) is 159 Å². The van der Waals surface area contributed by atoms with E-state index in [1.54, 1.807) is 0 Å². The number of quaternary nitrogens is 2. The van der Waals surface area contributed by atoms with Crippen molar-refractivity contribution < 1.29 is 8.97 Å². The molecule has 0 radical (unpaired) electrons. The topological polar surface area (TPSA) is 0 Å². The first-order valence-corrected chi connectivity index (χ1v) is 18.3. The summed E-state index contributed by atoms with van der Waals surface area (Å²) in [5.41, 5.74) is 1.09. The molecule has 0 aromatic carbocycles. The van der Waals surface area contributed by atoms with Gasteiger partial charge >= 0.3 is 0 Å². The van der Waals surface area contributed by atoms with Crippen LogP contribution in [-0.2, 0) is 0 Å². The molecule has 0 bridgehead atoms. The van der Waals surface area contributed by atoms with E-state index in [0.717, 1.165) is 35.8 Å². The predicted molar refractivity (Wildman–Crippen MR) is 180 cm³/mol. The Hall–Kier alpha value is -0.0800. The highest BCUT2D eigenvalue weighted by molar-refractivity contribution is 4.88. The van der Waals surface area contributed by atoms with Crippen molar-refractivity contribution in [1.29, 1.82) is 0 Å². The molecule has 238 valence electrons. The van der Waals surface area contributed by atoms with E-state index in [9.17, 15) is 0 Å². The molecule has 0 aromatic rings. The van der Waals surface area contributed by atoms with E-state index in [1.807, 2.05) is 0 Å². The third kappa shape index (κ3) is 9.72. The fourth-order valence-electron chi connectivity index (χ4n) is 9.57. The highest BCUT2D eigenvalue weighted by atomic mass is 15.4. The van der Waals surface area contributed by atoms with E-state index in [0.29, 0.717) is 10.8 Å². The highest BCUT2D eigenvalue weighted by Gasteiger charge is 2.39. The van der Waals surface area contributed by atoms with Gasteiger partial charge in [-0.15, -0.1) is 0 Å². The lowest BCUT2D eigenvalue weighted by atomic mass is 9.62. The SMILES string of the molecule is CC[N+](C)(CCCCCC[N+](C)(CC)C(C)CCC1C(C)CCCC1(C)C)C(C)CCC1C(C)CCCC1(C)C. The number of unbranched alkanes of at least 4 members (excludes halogenated alkanes) is 3. The smallest absolute Gasteiger partial charge is 0.0859 e. The number of hydrogen-bond donors (Lipinski definition) is 0. The zero-order valence-corrected chi connectivity index (χ0v) is 30.1. The Labute approximate surface area is 254 Å². The second kappa shape index (κ2) is 15.6. The van der Waals surface area contributed by atoms with Gasteiger partial charge < -0.3 is 8.97 Å². The van der Waals surface area contributed by atoms with Gasteiger partial charge in [0.05, 0.1) is 52.4 Å². The van der Waals surface area contributed by atoms with Crippen LogP contribution < -0.4 is 0 Å². The highest BCUT2D eigenvalue weighted by Crippen LogP contribution is 2.47. The van der Waals surface area contributed by atoms with Crippen LogP contribution >= 0.6 is 0 Å². The molecule has 0 amide bonds. The summed E-state index contributed by atoms with van der Waals surface area (Å²) in [4.78, 5) is 0. The zero-order chi connectivity index (χ0) is 30.2. The van der Waals surface area contributed by atoms with Gasteiger partial charge in [0, 0.05) is 0 Å². The van der Waals surface area contributed by atoms with Gasteiger partial charge in [-0.05, 0) is 126 Å². The van der Waals surface area contributed by atoms with Crippen molar-refractivity contribution >= 4 is 0 Å². The van der Waals surface area contributed by atoms with Crippen LogP contribution in [0, 0.1) is 34.5 Å². The number of rotatable bonds is 17. The maximum absolute atomic E-state index is 2.56. The monoisotopic (exact) mass is 563 g/mol. The Morgan fingerprint density at radius 3 is 1.27 bits per heavy atom. The number of nitrogens with zero attached hydrogens (tertiary/aromatic N) is 2. The second-order valence-corrected chi connectivity index (χ2v) is 17.2. The normalized spacial score (nSPS) is 31.2. The summed E-state index contributed by atoms with van der Waals surface area (Å²) in [5, 5.41) is 0. The molecule has 2 rings (SSSR count). The maximum Gasteiger partial charge on any atom is 0.0859 e. The van der Waals surface area contributed by atoms with Crippen LogP contribution in [0.4, 0.5) is 0 Å². The molecule has 2 aliphatic rings. The minimum absolute atomic E-state index is 0.543. The van der Waals surface area contributed by atoms with Gasteiger partial charge in [0.25, 0.3) is 0 Å². The van der Waals surface area contributed by atoms with Gasteiger partial charge in [0.15, 0.2) is 0 Å². The summed E-state index contributed by atoms with van der Waals surface area (Å²) < 4.78 is 2.55. The van der Waals surface area contributed by atoms with Gasteiger partial charge in [0.1, 0.15) is 0 Å². The van der Waals surface area contributed by atoms with Gasteiger partial charge in [-0.2, -0.15) is 0 Å². The van der Waals surface area contributed by atoms with Crippen LogP contribution in [0.5, 0.6) is 0 Å². The molecule has 0 heterocycles. The quantitative estimate of drug-likeness (QED) is 0.122. The maximum atomic E-state index is 2.56. The van der Waals surface area contributed by atoms with Gasteiger partial charge in [-0.25, -0.2) is 0 Å². The van der Waals surface area contributed by atoms with E-state index in [2.05, 4.69) is 83.3 Å². The molecule has 2 aliphatic carbocycles. The van der Waals surface area contributed by atoms with E-state index in [4.69, 9.17) is 0 Å². The van der Waals surface area contributed by atoms with Gasteiger partial charge in [-0.1, -0.05) is 67.2 Å². The fraction of sp³-hybridized carbons (Fsp3) is 1.00. The third-order valence-electron chi connectivity index (χ3n) is 13.8.